The number of benzene rings is 2. The Morgan fingerprint density at radius 2 is 1.48 bits per heavy atom. The van der Waals surface area contributed by atoms with Gasteiger partial charge in [-0.1, -0.05) is 48.5 Å². The van der Waals surface area contributed by atoms with Gasteiger partial charge in [-0.15, -0.1) is 0 Å². The fourth-order valence-corrected chi connectivity index (χ4v) is 8.15. The number of ether oxygens (including phenoxy) is 10. The summed E-state index contributed by atoms with van der Waals surface area (Å²) in [6, 6.07) is 16.5. The van der Waals surface area contributed by atoms with Gasteiger partial charge in [0.25, 0.3) is 0 Å². The van der Waals surface area contributed by atoms with Crippen LogP contribution >= 0.6 is 0 Å². The van der Waals surface area contributed by atoms with Crippen LogP contribution in [0.2, 0.25) is 0 Å². The van der Waals surface area contributed by atoms with Crippen LogP contribution in [0.4, 0.5) is 0 Å². The monoisotopic (exact) mass is 917 g/mol. The molecule has 7 rings (SSSR count). The minimum absolute atomic E-state index is 0.0482. The highest BCUT2D eigenvalue weighted by molar-refractivity contribution is 5.92. The lowest BCUT2D eigenvalue weighted by Gasteiger charge is -2.43. The van der Waals surface area contributed by atoms with Crippen LogP contribution in [-0.4, -0.2) is 184 Å². The largest absolute Gasteiger partial charge is 0.496 e. The van der Waals surface area contributed by atoms with Crippen molar-refractivity contribution in [1.82, 2.24) is 0 Å². The van der Waals surface area contributed by atoms with Crippen LogP contribution in [0.1, 0.15) is 28.4 Å². The molecular weight excluding hydrogens is 866 g/mol. The highest BCUT2D eigenvalue weighted by atomic mass is 16.8. The van der Waals surface area contributed by atoms with Crippen molar-refractivity contribution >= 4 is 11.9 Å². The molecule has 17 atom stereocenters. The third kappa shape index (κ3) is 10.2. The van der Waals surface area contributed by atoms with Gasteiger partial charge in [0.1, 0.15) is 79.5 Å². The van der Waals surface area contributed by atoms with Gasteiger partial charge in [0.05, 0.1) is 50.8 Å². The van der Waals surface area contributed by atoms with Crippen LogP contribution in [0.15, 0.2) is 78.1 Å². The van der Waals surface area contributed by atoms with Gasteiger partial charge in [-0.25, -0.2) is 9.59 Å². The molecular formula is C43H51NO21. The van der Waals surface area contributed by atoms with E-state index in [0.29, 0.717) is 11.1 Å². The maximum absolute atomic E-state index is 13.6. The number of nitriles is 1. The molecule has 5 aliphatic rings. The number of allylic oxidation sites excluding steroid dienone is 1. The first-order valence-corrected chi connectivity index (χ1v) is 20.6. The Morgan fingerprint density at radius 1 is 0.815 bits per heavy atom. The number of carbonyl (C=O) groups is 2. The van der Waals surface area contributed by atoms with Gasteiger partial charge in [-0.05, 0) is 29.7 Å². The summed E-state index contributed by atoms with van der Waals surface area (Å²) in [4.78, 5) is 26.4. The standard InChI is InChI=1S/C43H51NO21/c1-56-25-10-6-5-9-23(25)37(53)57-16-27-30(46)33(49)35(51)41(64-27)65-39-29-21(14-45)11-12-22(29)24(15-58-39)38(54)60-18-43(55)19-61-42(36(43)52)59-17-28-31(47)32(48)34(50)40(63-28)62-26(13-44)20-7-3-2-4-8-20/h2-11,15,22,26-36,39-42,45-52,55H,12,14,16-19H2,1H3/t22-,26-,27+,28+,29-,30+,31+,32-,33-,34+,35+,36-,39+,40+,41-,42+,43+/m0/s1. The molecule has 4 aliphatic heterocycles. The van der Waals surface area contributed by atoms with E-state index in [4.69, 9.17) is 47.4 Å². The Labute approximate surface area is 370 Å². The summed E-state index contributed by atoms with van der Waals surface area (Å²) in [6.45, 7) is -3.03. The topological polar surface area (TPSA) is 332 Å². The Balaban J connectivity index is 0.937. The number of aliphatic hydroxyl groups is 9. The van der Waals surface area contributed by atoms with Crippen LogP contribution < -0.4 is 4.74 Å². The molecule has 2 aromatic rings. The maximum Gasteiger partial charge on any atom is 0.342 e. The Bertz CT molecular complexity index is 2070. The van der Waals surface area contributed by atoms with E-state index in [1.165, 1.54) is 13.2 Å². The van der Waals surface area contributed by atoms with Crippen molar-refractivity contribution in [2.45, 2.75) is 98.2 Å². The minimum Gasteiger partial charge on any atom is -0.496 e. The lowest BCUT2D eigenvalue weighted by molar-refractivity contribution is -0.339. The zero-order chi connectivity index (χ0) is 46.6. The molecule has 65 heavy (non-hydrogen) atoms. The maximum atomic E-state index is 13.6. The van der Waals surface area contributed by atoms with Crippen molar-refractivity contribution in [3.63, 3.8) is 0 Å². The molecule has 0 saturated carbocycles. The smallest absolute Gasteiger partial charge is 0.342 e. The quantitative estimate of drug-likeness (QED) is 0.0624. The molecule has 9 N–H and O–H groups in total. The summed E-state index contributed by atoms with van der Waals surface area (Å²) in [5.41, 5.74) is -1.35. The predicted molar refractivity (Wildman–Crippen MR) is 211 cm³/mol. The van der Waals surface area contributed by atoms with Crippen LogP contribution in [0, 0.1) is 23.2 Å². The van der Waals surface area contributed by atoms with Crippen molar-refractivity contribution in [2.75, 3.05) is 40.1 Å². The SMILES string of the molecule is COc1ccccc1C(=O)OC[C@H]1O[C@@H](O[C@H]2OC=C(C(=O)OC[C@@]3(O)CO[C@@H](OC[C@H]4O[C@@H](O[C@@H](C#N)c5ccccc5)[C@H](O)[C@@H](O)[C@@H]4O)[C@@H]3O)[C@@H]3CC=C(CO)[C@H]23)[C@H](O)[C@@H](O)[C@@H]1O. The van der Waals surface area contributed by atoms with E-state index in [1.807, 2.05) is 6.07 Å². The number of aliphatic hydroxyl groups excluding tert-OH is 8. The number of methoxy groups -OCH3 is 1. The Kier molecular flexibility index (Phi) is 15.5. The first-order valence-electron chi connectivity index (χ1n) is 20.6. The summed E-state index contributed by atoms with van der Waals surface area (Å²) < 4.78 is 55.7. The molecule has 2 aromatic carbocycles. The van der Waals surface area contributed by atoms with E-state index >= 15 is 0 Å². The van der Waals surface area contributed by atoms with Crippen molar-refractivity contribution in [1.29, 1.82) is 5.26 Å². The molecule has 1 aliphatic carbocycles. The molecule has 4 heterocycles. The second-order valence-corrected chi connectivity index (χ2v) is 16.0. The first-order chi connectivity index (χ1) is 31.2. The highest BCUT2D eigenvalue weighted by Crippen LogP contribution is 2.45. The van der Waals surface area contributed by atoms with E-state index in [2.05, 4.69) is 0 Å². The van der Waals surface area contributed by atoms with E-state index in [0.717, 1.165) is 6.26 Å². The van der Waals surface area contributed by atoms with E-state index in [-0.39, 0.29) is 23.3 Å². The van der Waals surface area contributed by atoms with Crippen LogP contribution in [0.3, 0.4) is 0 Å². The second kappa shape index (κ2) is 20.9. The van der Waals surface area contributed by atoms with Gasteiger partial charge in [-0.3, -0.25) is 0 Å². The van der Waals surface area contributed by atoms with Gasteiger partial charge in [-0.2, -0.15) is 5.26 Å². The molecule has 354 valence electrons. The number of esters is 2. The molecule has 0 spiro atoms. The zero-order valence-electron chi connectivity index (χ0n) is 34.7. The summed E-state index contributed by atoms with van der Waals surface area (Å²) >= 11 is 0. The number of para-hydroxylation sites is 1. The van der Waals surface area contributed by atoms with Crippen molar-refractivity contribution < 1.29 is 103 Å². The van der Waals surface area contributed by atoms with E-state index < -0.39 is 149 Å². The van der Waals surface area contributed by atoms with Gasteiger partial charge >= 0.3 is 11.9 Å². The zero-order valence-corrected chi connectivity index (χ0v) is 34.7. The number of fused-ring (bicyclic) bond motifs is 1. The van der Waals surface area contributed by atoms with Gasteiger partial charge < -0.3 is 93.3 Å². The molecule has 0 unspecified atom stereocenters. The van der Waals surface area contributed by atoms with Gasteiger partial charge in [0.2, 0.25) is 6.29 Å². The summed E-state index contributed by atoms with van der Waals surface area (Å²) in [7, 11) is 1.37. The number of nitrogens with zero attached hydrogens (tertiary/aromatic N) is 1. The van der Waals surface area contributed by atoms with Crippen molar-refractivity contribution in [3.8, 4) is 11.8 Å². The Hall–Kier alpha value is -4.65. The number of carbonyl (C=O) groups excluding carboxylic acids is 2. The number of hydrogen-bond donors (Lipinski definition) is 9. The van der Waals surface area contributed by atoms with Gasteiger partial charge in [0.15, 0.2) is 30.6 Å². The molecule has 3 saturated heterocycles. The van der Waals surface area contributed by atoms with Crippen LogP contribution in [0.25, 0.3) is 0 Å². The average Bonchev–Trinajstić information content (AvgIpc) is 3.89. The van der Waals surface area contributed by atoms with Gasteiger partial charge in [0, 0.05) is 5.92 Å². The average molecular weight is 918 g/mol. The molecule has 22 nitrogen and oxygen atoms in total. The summed E-state index contributed by atoms with van der Waals surface area (Å²) in [5.74, 6) is -3.18. The molecule has 0 radical (unpaired) electrons. The Morgan fingerprint density at radius 3 is 2.17 bits per heavy atom. The molecule has 0 aromatic heterocycles. The van der Waals surface area contributed by atoms with Crippen molar-refractivity contribution in [2.24, 2.45) is 11.8 Å². The third-order valence-corrected chi connectivity index (χ3v) is 11.9. The summed E-state index contributed by atoms with van der Waals surface area (Å²) in [6.07, 6.45) is -19.7. The summed E-state index contributed by atoms with van der Waals surface area (Å²) in [5, 5.41) is 106. The molecule has 22 heteroatoms. The predicted octanol–water partition coefficient (Wildman–Crippen LogP) is -2.43. The second-order valence-electron chi connectivity index (χ2n) is 16.0. The normalized spacial score (nSPS) is 37.2. The van der Waals surface area contributed by atoms with Crippen LogP contribution in [0.5, 0.6) is 5.75 Å². The molecule has 0 bridgehead atoms. The fourth-order valence-electron chi connectivity index (χ4n) is 8.15. The van der Waals surface area contributed by atoms with E-state index in [1.54, 1.807) is 54.6 Å². The third-order valence-electron chi connectivity index (χ3n) is 11.9. The highest BCUT2D eigenvalue weighted by Gasteiger charge is 2.53. The van der Waals surface area contributed by atoms with Crippen LogP contribution in [-0.2, 0) is 47.4 Å². The molecule has 0 amide bonds. The number of rotatable bonds is 16. The lowest BCUT2D eigenvalue weighted by Crippen LogP contribution is -2.60. The first kappa shape index (κ1) is 48.3. The van der Waals surface area contributed by atoms with E-state index in [9.17, 15) is 60.8 Å². The molecule has 3 fully saturated rings. The lowest BCUT2D eigenvalue weighted by atomic mass is 9.83. The number of hydrogen-bond acceptors (Lipinski definition) is 22. The fraction of sp³-hybridized carbons (Fsp3) is 0.558. The minimum atomic E-state index is -2.22. The van der Waals surface area contributed by atoms with Crippen molar-refractivity contribution in [3.05, 3.63) is 89.2 Å².